The van der Waals surface area contributed by atoms with Crippen molar-refractivity contribution < 1.29 is 0 Å². The quantitative estimate of drug-likeness (QED) is 0.947. The van der Waals surface area contributed by atoms with Crippen molar-refractivity contribution in [3.05, 3.63) is 33.0 Å². The topological polar surface area (TPSA) is 63.6 Å². The zero-order valence-corrected chi connectivity index (χ0v) is 12.2. The van der Waals surface area contributed by atoms with Crippen molar-refractivity contribution in [2.45, 2.75) is 33.2 Å². The third kappa shape index (κ3) is 2.25. The first kappa shape index (κ1) is 13.0. The molecule has 0 saturated carbocycles. The van der Waals surface area contributed by atoms with E-state index in [0.717, 1.165) is 11.4 Å². The number of nitrogens with zero attached hydrogens (tertiary/aromatic N) is 3. The monoisotopic (exact) mass is 310 g/mol. The lowest BCUT2D eigenvalue weighted by Crippen LogP contribution is -2.15. The van der Waals surface area contributed by atoms with E-state index < -0.39 is 0 Å². The predicted molar refractivity (Wildman–Crippen MR) is 73.5 cm³/mol. The van der Waals surface area contributed by atoms with Crippen LogP contribution in [0.3, 0.4) is 0 Å². The standard InChI is InChI=1S/C12H15BrN4O/c1-4-8-10(13)12(18)16-11(15-8)9-5-14-6-17(9)7(2)3/h5-7H,4H2,1-3H3,(H,15,16,18). The third-order valence-corrected chi connectivity index (χ3v) is 3.55. The summed E-state index contributed by atoms with van der Waals surface area (Å²) in [6.07, 6.45) is 4.16. The second-order valence-corrected chi connectivity index (χ2v) is 5.10. The highest BCUT2D eigenvalue weighted by Crippen LogP contribution is 2.20. The highest BCUT2D eigenvalue weighted by molar-refractivity contribution is 9.10. The molecule has 0 aliphatic carbocycles. The Morgan fingerprint density at radius 3 is 2.83 bits per heavy atom. The first-order valence-corrected chi connectivity index (χ1v) is 6.64. The van der Waals surface area contributed by atoms with Crippen LogP contribution in [0.15, 0.2) is 21.8 Å². The second kappa shape index (κ2) is 5.06. The molecule has 2 aromatic rings. The fourth-order valence-corrected chi connectivity index (χ4v) is 2.23. The number of aromatic amines is 1. The van der Waals surface area contributed by atoms with Gasteiger partial charge in [0.1, 0.15) is 10.2 Å². The van der Waals surface area contributed by atoms with Gasteiger partial charge < -0.3 is 9.55 Å². The van der Waals surface area contributed by atoms with Gasteiger partial charge in [0.15, 0.2) is 5.82 Å². The van der Waals surface area contributed by atoms with Crippen molar-refractivity contribution in [1.82, 2.24) is 19.5 Å². The smallest absolute Gasteiger partial charge is 0.265 e. The summed E-state index contributed by atoms with van der Waals surface area (Å²) in [6.45, 7) is 6.09. The number of hydrogen-bond acceptors (Lipinski definition) is 3. The van der Waals surface area contributed by atoms with E-state index >= 15 is 0 Å². The van der Waals surface area contributed by atoms with Crippen molar-refractivity contribution in [3.63, 3.8) is 0 Å². The minimum absolute atomic E-state index is 0.159. The Kier molecular flexibility index (Phi) is 3.65. The Morgan fingerprint density at radius 2 is 2.22 bits per heavy atom. The van der Waals surface area contributed by atoms with E-state index in [9.17, 15) is 4.79 Å². The molecule has 6 heteroatoms. The van der Waals surface area contributed by atoms with Crippen LogP contribution in [0.4, 0.5) is 0 Å². The first-order valence-electron chi connectivity index (χ1n) is 5.85. The van der Waals surface area contributed by atoms with E-state index in [1.165, 1.54) is 0 Å². The average Bonchev–Trinajstić information content (AvgIpc) is 2.81. The van der Waals surface area contributed by atoms with Gasteiger partial charge in [0.2, 0.25) is 0 Å². The number of H-pyrrole nitrogens is 1. The minimum Gasteiger partial charge on any atom is -0.326 e. The molecule has 0 fully saturated rings. The number of aryl methyl sites for hydroxylation is 1. The van der Waals surface area contributed by atoms with Gasteiger partial charge in [-0.05, 0) is 36.2 Å². The summed E-state index contributed by atoms with van der Waals surface area (Å²) in [7, 11) is 0. The molecule has 1 N–H and O–H groups in total. The molecule has 5 nitrogen and oxygen atoms in total. The van der Waals surface area contributed by atoms with Crippen LogP contribution in [0.2, 0.25) is 0 Å². The molecule has 0 aromatic carbocycles. The molecule has 0 amide bonds. The lowest BCUT2D eigenvalue weighted by atomic mass is 10.3. The molecule has 0 aliphatic heterocycles. The highest BCUT2D eigenvalue weighted by atomic mass is 79.9. The summed E-state index contributed by atoms with van der Waals surface area (Å²) >= 11 is 3.26. The molecule has 2 aromatic heterocycles. The van der Waals surface area contributed by atoms with Crippen molar-refractivity contribution in [3.8, 4) is 11.5 Å². The zero-order valence-electron chi connectivity index (χ0n) is 10.6. The largest absolute Gasteiger partial charge is 0.326 e. The fraction of sp³-hybridized carbons (Fsp3) is 0.417. The molecule has 0 unspecified atom stereocenters. The minimum atomic E-state index is -0.159. The molecule has 18 heavy (non-hydrogen) atoms. The maximum absolute atomic E-state index is 11.8. The summed E-state index contributed by atoms with van der Waals surface area (Å²) in [6, 6.07) is 0.265. The van der Waals surface area contributed by atoms with Crippen molar-refractivity contribution in [1.29, 1.82) is 0 Å². The number of imidazole rings is 1. The van der Waals surface area contributed by atoms with Crippen molar-refractivity contribution in [2.75, 3.05) is 0 Å². The second-order valence-electron chi connectivity index (χ2n) is 4.31. The van der Waals surface area contributed by atoms with Crippen LogP contribution in [-0.4, -0.2) is 19.5 Å². The summed E-state index contributed by atoms with van der Waals surface area (Å²) in [4.78, 5) is 23.2. The molecular formula is C12H15BrN4O. The molecule has 0 radical (unpaired) electrons. The Bertz CT molecular complexity index is 615. The molecule has 2 rings (SSSR count). The van der Waals surface area contributed by atoms with Gasteiger partial charge in [0, 0.05) is 6.04 Å². The van der Waals surface area contributed by atoms with Crippen LogP contribution in [0.5, 0.6) is 0 Å². The van der Waals surface area contributed by atoms with Crippen LogP contribution < -0.4 is 5.56 Å². The van der Waals surface area contributed by atoms with Crippen molar-refractivity contribution >= 4 is 15.9 Å². The maximum atomic E-state index is 11.8. The number of nitrogens with one attached hydrogen (secondary N) is 1. The van der Waals surface area contributed by atoms with E-state index in [2.05, 4.69) is 44.7 Å². The molecule has 0 saturated heterocycles. The molecule has 0 bridgehead atoms. The van der Waals surface area contributed by atoms with Gasteiger partial charge in [-0.3, -0.25) is 4.79 Å². The van der Waals surface area contributed by atoms with E-state index in [1.54, 1.807) is 12.5 Å². The Labute approximate surface area is 113 Å². The molecule has 0 atom stereocenters. The van der Waals surface area contributed by atoms with Crippen LogP contribution >= 0.6 is 15.9 Å². The van der Waals surface area contributed by atoms with E-state index in [1.807, 2.05) is 11.5 Å². The Balaban J connectivity index is 2.61. The molecule has 0 aliphatic rings. The zero-order chi connectivity index (χ0) is 13.3. The summed E-state index contributed by atoms with van der Waals surface area (Å²) < 4.78 is 2.48. The van der Waals surface area contributed by atoms with Crippen LogP contribution in [0.25, 0.3) is 11.5 Å². The van der Waals surface area contributed by atoms with E-state index in [-0.39, 0.29) is 11.6 Å². The number of hydrogen-bond donors (Lipinski definition) is 1. The SMILES string of the molecule is CCc1nc(-c2cncn2C(C)C)[nH]c(=O)c1Br. The van der Waals surface area contributed by atoms with Gasteiger partial charge in [-0.2, -0.15) is 0 Å². The van der Waals surface area contributed by atoms with Gasteiger partial charge in [-0.15, -0.1) is 0 Å². The van der Waals surface area contributed by atoms with Gasteiger partial charge in [-0.25, -0.2) is 9.97 Å². The van der Waals surface area contributed by atoms with Crippen LogP contribution in [0.1, 0.15) is 32.5 Å². The van der Waals surface area contributed by atoms with Gasteiger partial charge in [0.05, 0.1) is 18.2 Å². The average molecular weight is 311 g/mol. The van der Waals surface area contributed by atoms with Gasteiger partial charge in [0.25, 0.3) is 5.56 Å². The van der Waals surface area contributed by atoms with Crippen LogP contribution in [0, 0.1) is 0 Å². The summed E-state index contributed by atoms with van der Waals surface area (Å²) in [5, 5.41) is 0. The Morgan fingerprint density at radius 1 is 1.50 bits per heavy atom. The van der Waals surface area contributed by atoms with E-state index in [0.29, 0.717) is 16.7 Å². The maximum Gasteiger partial charge on any atom is 0.265 e. The van der Waals surface area contributed by atoms with E-state index in [4.69, 9.17) is 0 Å². The lowest BCUT2D eigenvalue weighted by Gasteiger charge is -2.11. The Hall–Kier alpha value is -1.43. The number of halogens is 1. The third-order valence-electron chi connectivity index (χ3n) is 2.73. The molecular weight excluding hydrogens is 296 g/mol. The van der Waals surface area contributed by atoms with Gasteiger partial charge >= 0.3 is 0 Å². The van der Waals surface area contributed by atoms with Gasteiger partial charge in [-0.1, -0.05) is 6.92 Å². The fourth-order valence-electron chi connectivity index (χ4n) is 1.76. The number of aromatic nitrogens is 4. The normalized spacial score (nSPS) is 11.2. The lowest BCUT2D eigenvalue weighted by molar-refractivity contribution is 0.603. The highest BCUT2D eigenvalue weighted by Gasteiger charge is 2.13. The van der Waals surface area contributed by atoms with Crippen LogP contribution in [-0.2, 0) is 6.42 Å². The molecule has 2 heterocycles. The molecule has 0 spiro atoms. The summed E-state index contributed by atoms with van der Waals surface area (Å²) in [5.41, 5.74) is 1.42. The summed E-state index contributed by atoms with van der Waals surface area (Å²) in [5.74, 6) is 0.561. The first-order chi connectivity index (χ1) is 8.54. The number of rotatable bonds is 3. The molecule has 96 valence electrons. The predicted octanol–water partition coefficient (Wildman–Crippen LogP) is 2.54. The van der Waals surface area contributed by atoms with Crippen molar-refractivity contribution in [2.24, 2.45) is 0 Å².